The minimum absolute atomic E-state index is 0.340. The summed E-state index contributed by atoms with van der Waals surface area (Å²) >= 11 is 15.5. The first-order chi connectivity index (χ1) is 8.97. The van der Waals surface area contributed by atoms with Crippen LogP contribution in [0.5, 0.6) is 0 Å². The lowest BCUT2D eigenvalue weighted by Crippen LogP contribution is -2.01. The zero-order chi connectivity index (χ0) is 14.0. The quantitative estimate of drug-likeness (QED) is 0.725. The first kappa shape index (κ1) is 14.6. The monoisotopic (exact) mass is 361 g/mol. The molecule has 1 N–H and O–H groups in total. The van der Waals surface area contributed by atoms with Crippen molar-refractivity contribution < 1.29 is 4.39 Å². The topological polar surface area (TPSA) is 12.0 Å². The predicted octanol–water partition coefficient (Wildman–Crippen LogP) is 5.82. The van der Waals surface area contributed by atoms with Gasteiger partial charge in [0.15, 0.2) is 0 Å². The maximum atomic E-state index is 12.9. The van der Waals surface area contributed by atoms with Crippen LogP contribution < -0.4 is 5.32 Å². The van der Waals surface area contributed by atoms with E-state index in [9.17, 15) is 4.39 Å². The Balaban J connectivity index is 2.16. The van der Waals surface area contributed by atoms with E-state index in [4.69, 9.17) is 23.2 Å². The third-order valence-corrected chi connectivity index (χ3v) is 4.15. The van der Waals surface area contributed by atoms with Crippen LogP contribution in [-0.2, 0) is 6.54 Å². The van der Waals surface area contributed by atoms with Crippen molar-refractivity contribution in [2.45, 2.75) is 13.5 Å². The summed E-state index contributed by atoms with van der Waals surface area (Å²) in [5.74, 6) is -0.340. The molecule has 0 unspecified atom stereocenters. The van der Waals surface area contributed by atoms with Gasteiger partial charge in [-0.05, 0) is 58.2 Å². The minimum Gasteiger partial charge on any atom is -0.380 e. The summed E-state index contributed by atoms with van der Waals surface area (Å²) in [4.78, 5) is 0. The Morgan fingerprint density at radius 1 is 1.16 bits per heavy atom. The number of aryl methyl sites for hydroxylation is 1. The SMILES string of the molecule is Cc1cc(Br)c(NCc2ccc(F)cc2Cl)cc1Cl. The van der Waals surface area contributed by atoms with Gasteiger partial charge in [-0.15, -0.1) is 0 Å². The predicted molar refractivity (Wildman–Crippen MR) is 82.6 cm³/mol. The van der Waals surface area contributed by atoms with Crippen LogP contribution in [0.2, 0.25) is 10.0 Å². The molecule has 2 rings (SSSR count). The second-order valence-corrected chi connectivity index (χ2v) is 5.84. The normalized spacial score (nSPS) is 10.6. The fourth-order valence-electron chi connectivity index (χ4n) is 1.64. The second-order valence-electron chi connectivity index (χ2n) is 4.17. The zero-order valence-electron chi connectivity index (χ0n) is 10.1. The van der Waals surface area contributed by atoms with Crippen molar-refractivity contribution in [2.24, 2.45) is 0 Å². The van der Waals surface area contributed by atoms with Gasteiger partial charge in [-0.25, -0.2) is 4.39 Å². The molecule has 0 spiro atoms. The molecule has 100 valence electrons. The van der Waals surface area contributed by atoms with Crippen molar-refractivity contribution in [3.63, 3.8) is 0 Å². The summed E-state index contributed by atoms with van der Waals surface area (Å²) in [6.45, 7) is 2.44. The molecule has 0 radical (unpaired) electrons. The highest BCUT2D eigenvalue weighted by Crippen LogP contribution is 2.30. The number of hydrogen-bond donors (Lipinski definition) is 1. The van der Waals surface area contributed by atoms with E-state index in [1.807, 2.05) is 19.1 Å². The van der Waals surface area contributed by atoms with E-state index >= 15 is 0 Å². The van der Waals surface area contributed by atoms with Crippen molar-refractivity contribution >= 4 is 44.8 Å². The van der Waals surface area contributed by atoms with E-state index in [1.54, 1.807) is 6.07 Å². The Morgan fingerprint density at radius 2 is 1.89 bits per heavy atom. The molecule has 5 heteroatoms. The standard InChI is InChI=1S/C14H11BrCl2FN/c1-8-4-11(15)14(6-12(8)16)19-7-9-2-3-10(18)5-13(9)17/h2-6,19H,7H2,1H3. The van der Waals surface area contributed by atoms with Gasteiger partial charge in [0.25, 0.3) is 0 Å². The molecule has 0 heterocycles. The van der Waals surface area contributed by atoms with Crippen LogP contribution in [0, 0.1) is 12.7 Å². The van der Waals surface area contributed by atoms with Crippen LogP contribution in [0.4, 0.5) is 10.1 Å². The van der Waals surface area contributed by atoms with Crippen molar-refractivity contribution in [3.05, 3.63) is 61.8 Å². The maximum Gasteiger partial charge on any atom is 0.124 e. The molecule has 0 fully saturated rings. The molecule has 0 aliphatic heterocycles. The summed E-state index contributed by atoms with van der Waals surface area (Å²) in [7, 11) is 0. The number of nitrogens with one attached hydrogen (secondary N) is 1. The summed E-state index contributed by atoms with van der Waals surface area (Å²) in [5, 5.41) is 4.31. The third-order valence-electron chi connectivity index (χ3n) is 2.73. The van der Waals surface area contributed by atoms with Gasteiger partial charge in [-0.1, -0.05) is 29.3 Å². The van der Waals surface area contributed by atoms with Crippen molar-refractivity contribution in [3.8, 4) is 0 Å². The Labute approximate surface area is 129 Å². The minimum atomic E-state index is -0.340. The van der Waals surface area contributed by atoms with Crippen LogP contribution in [0.15, 0.2) is 34.8 Å². The molecule has 0 aliphatic carbocycles. The highest BCUT2D eigenvalue weighted by Gasteiger charge is 2.06. The number of hydrogen-bond acceptors (Lipinski definition) is 1. The van der Waals surface area contributed by atoms with E-state index in [2.05, 4.69) is 21.2 Å². The van der Waals surface area contributed by atoms with Gasteiger partial charge < -0.3 is 5.32 Å². The van der Waals surface area contributed by atoms with Crippen molar-refractivity contribution in [1.29, 1.82) is 0 Å². The Kier molecular flexibility index (Phi) is 4.71. The van der Waals surface area contributed by atoms with Gasteiger partial charge in [-0.2, -0.15) is 0 Å². The second kappa shape index (κ2) is 6.12. The Hall–Kier alpha value is -0.770. The molecule has 0 aromatic heterocycles. The Morgan fingerprint density at radius 3 is 2.58 bits per heavy atom. The highest BCUT2D eigenvalue weighted by molar-refractivity contribution is 9.10. The molecule has 0 saturated carbocycles. The molecular weight excluding hydrogens is 352 g/mol. The van der Waals surface area contributed by atoms with E-state index in [0.29, 0.717) is 16.6 Å². The third kappa shape index (κ3) is 3.62. The molecule has 1 nitrogen and oxygen atoms in total. The highest BCUT2D eigenvalue weighted by atomic mass is 79.9. The average Bonchev–Trinajstić information content (AvgIpc) is 2.34. The molecule has 0 atom stereocenters. The van der Waals surface area contributed by atoms with Crippen LogP contribution in [0.25, 0.3) is 0 Å². The first-order valence-electron chi connectivity index (χ1n) is 5.61. The molecule has 0 aliphatic rings. The van der Waals surface area contributed by atoms with Crippen molar-refractivity contribution in [2.75, 3.05) is 5.32 Å². The van der Waals surface area contributed by atoms with Gasteiger partial charge in [-0.3, -0.25) is 0 Å². The van der Waals surface area contributed by atoms with E-state index < -0.39 is 0 Å². The number of anilines is 1. The van der Waals surface area contributed by atoms with Gasteiger partial charge in [0, 0.05) is 21.1 Å². The molecule has 0 bridgehead atoms. The summed E-state index contributed by atoms with van der Waals surface area (Å²) in [6, 6.07) is 8.14. The summed E-state index contributed by atoms with van der Waals surface area (Å²) < 4.78 is 13.9. The molecular formula is C14H11BrCl2FN. The van der Waals surface area contributed by atoms with E-state index in [0.717, 1.165) is 21.3 Å². The summed E-state index contributed by atoms with van der Waals surface area (Å²) in [5.41, 5.74) is 2.70. The largest absolute Gasteiger partial charge is 0.380 e. The molecule has 19 heavy (non-hydrogen) atoms. The van der Waals surface area contributed by atoms with Crippen LogP contribution in [0.1, 0.15) is 11.1 Å². The summed E-state index contributed by atoms with van der Waals surface area (Å²) in [6.07, 6.45) is 0. The molecule has 0 amide bonds. The number of halogens is 4. The van der Waals surface area contributed by atoms with Crippen LogP contribution >= 0.6 is 39.1 Å². The number of benzene rings is 2. The lowest BCUT2D eigenvalue weighted by atomic mass is 10.2. The molecule has 0 saturated heterocycles. The van der Waals surface area contributed by atoms with Crippen molar-refractivity contribution in [1.82, 2.24) is 0 Å². The van der Waals surface area contributed by atoms with Crippen LogP contribution in [-0.4, -0.2) is 0 Å². The molecule has 2 aromatic carbocycles. The zero-order valence-corrected chi connectivity index (χ0v) is 13.2. The number of rotatable bonds is 3. The van der Waals surface area contributed by atoms with Gasteiger partial charge >= 0.3 is 0 Å². The van der Waals surface area contributed by atoms with Gasteiger partial charge in [0.2, 0.25) is 0 Å². The Bertz CT molecular complexity index is 617. The fourth-order valence-corrected chi connectivity index (χ4v) is 2.63. The lowest BCUT2D eigenvalue weighted by molar-refractivity contribution is 0.627. The van der Waals surface area contributed by atoms with Crippen LogP contribution in [0.3, 0.4) is 0 Å². The lowest BCUT2D eigenvalue weighted by Gasteiger charge is -2.11. The smallest absolute Gasteiger partial charge is 0.124 e. The first-order valence-corrected chi connectivity index (χ1v) is 7.15. The fraction of sp³-hybridized carbons (Fsp3) is 0.143. The maximum absolute atomic E-state index is 12.9. The van der Waals surface area contributed by atoms with Gasteiger partial charge in [0.1, 0.15) is 5.82 Å². The van der Waals surface area contributed by atoms with E-state index in [1.165, 1.54) is 12.1 Å². The average molecular weight is 363 g/mol. The van der Waals surface area contributed by atoms with E-state index in [-0.39, 0.29) is 5.82 Å². The van der Waals surface area contributed by atoms with Gasteiger partial charge in [0.05, 0.1) is 5.69 Å². The molecule has 2 aromatic rings.